The summed E-state index contributed by atoms with van der Waals surface area (Å²) in [6.07, 6.45) is 25.5. The Balaban J connectivity index is 3.35. The summed E-state index contributed by atoms with van der Waals surface area (Å²) in [6, 6.07) is 0. The van der Waals surface area contributed by atoms with Gasteiger partial charge in [-0.25, -0.2) is 0 Å². The van der Waals surface area contributed by atoms with Crippen molar-refractivity contribution in [2.75, 3.05) is 40.5 Å². The van der Waals surface area contributed by atoms with Crippen LogP contribution >= 0.6 is 0 Å². The van der Waals surface area contributed by atoms with Gasteiger partial charge in [0.25, 0.3) is 0 Å². The van der Waals surface area contributed by atoms with Gasteiger partial charge in [0, 0.05) is 26.6 Å². The number of carbonyl (C=O) groups excluding carboxylic acids is 2. The summed E-state index contributed by atoms with van der Waals surface area (Å²) in [4.78, 5) is 23.6. The minimum Gasteiger partial charge on any atom is -0.438 e. The third-order valence-electron chi connectivity index (χ3n) is 7.55. The van der Waals surface area contributed by atoms with E-state index in [2.05, 4.69) is 6.92 Å². The predicted molar refractivity (Wildman–Crippen MR) is 173 cm³/mol. The van der Waals surface area contributed by atoms with E-state index in [4.69, 9.17) is 28.4 Å². The maximum absolute atomic E-state index is 11.9. The molecule has 0 aromatic carbocycles. The summed E-state index contributed by atoms with van der Waals surface area (Å²) in [6.45, 7) is 7.69. The molecule has 0 aromatic rings. The number of unbranched alkanes of at least 4 members (excludes halogenated alkanes) is 18. The fourth-order valence-electron chi connectivity index (χ4n) is 4.80. The van der Waals surface area contributed by atoms with Gasteiger partial charge in [0.05, 0.1) is 25.4 Å². The number of ether oxygens (including phenoxy) is 6. The topological polar surface area (TPSA) is 89.5 Å². The number of esters is 2. The molecule has 2 atom stereocenters. The number of methoxy groups -OCH3 is 1. The Morgan fingerprint density at radius 2 is 0.884 bits per heavy atom. The molecule has 256 valence electrons. The second-order valence-electron chi connectivity index (χ2n) is 12.0. The molecule has 0 bridgehead atoms. The SMILES string of the molecule is CCCCCCCCCCCCCCCCCCOCC(C)OCOC(=O)CCCCCCC(=O)OCOC(C)COC. The Kier molecular flexibility index (Phi) is 32.7. The van der Waals surface area contributed by atoms with E-state index < -0.39 is 0 Å². The zero-order chi connectivity index (χ0) is 31.6. The molecule has 0 saturated heterocycles. The molecule has 0 amide bonds. The lowest BCUT2D eigenvalue weighted by atomic mass is 10.0. The van der Waals surface area contributed by atoms with Crippen molar-refractivity contribution >= 4 is 11.9 Å². The first-order chi connectivity index (χ1) is 21.0. The van der Waals surface area contributed by atoms with Crippen LogP contribution in [0.1, 0.15) is 162 Å². The van der Waals surface area contributed by atoms with E-state index >= 15 is 0 Å². The summed E-state index contributed by atoms with van der Waals surface area (Å²) in [5.74, 6) is -0.535. The normalized spacial score (nSPS) is 12.7. The molecule has 0 radical (unpaired) electrons. The fraction of sp³-hybridized carbons (Fsp3) is 0.943. The third kappa shape index (κ3) is 33.5. The summed E-state index contributed by atoms with van der Waals surface area (Å²) in [5.41, 5.74) is 0. The first-order valence-electron chi connectivity index (χ1n) is 17.6. The van der Waals surface area contributed by atoms with Crippen LogP contribution in [-0.2, 0) is 38.0 Å². The first kappa shape index (κ1) is 41.8. The molecule has 0 rings (SSSR count). The molecule has 0 N–H and O–H groups in total. The number of carbonyl (C=O) groups is 2. The summed E-state index contributed by atoms with van der Waals surface area (Å²) in [7, 11) is 1.60. The van der Waals surface area contributed by atoms with E-state index in [-0.39, 0.29) is 37.7 Å². The van der Waals surface area contributed by atoms with Crippen LogP contribution in [0.4, 0.5) is 0 Å². The van der Waals surface area contributed by atoms with Gasteiger partial charge in [0.1, 0.15) is 0 Å². The van der Waals surface area contributed by atoms with E-state index in [1.165, 1.54) is 96.3 Å². The Hall–Kier alpha value is -1.22. The molecule has 8 nitrogen and oxygen atoms in total. The van der Waals surface area contributed by atoms with Crippen molar-refractivity contribution in [1.29, 1.82) is 0 Å². The van der Waals surface area contributed by atoms with Crippen molar-refractivity contribution in [3.8, 4) is 0 Å². The molecule has 0 spiro atoms. The standard InChI is InChI=1S/C35H68O8/c1-5-6-7-8-9-10-11-12-13-14-15-16-17-18-21-24-27-39-29-33(3)41-31-43-35(37)26-23-20-19-22-25-34(36)42-30-40-32(2)28-38-4/h32-33H,5-31H2,1-4H3. The minimum absolute atomic E-state index is 0.0423. The second-order valence-corrected chi connectivity index (χ2v) is 12.0. The van der Waals surface area contributed by atoms with Crippen molar-refractivity contribution in [1.82, 2.24) is 0 Å². The van der Waals surface area contributed by atoms with Crippen molar-refractivity contribution in [3.63, 3.8) is 0 Å². The third-order valence-corrected chi connectivity index (χ3v) is 7.55. The van der Waals surface area contributed by atoms with Gasteiger partial charge in [0.2, 0.25) is 0 Å². The van der Waals surface area contributed by atoms with Gasteiger partial charge in [-0.3, -0.25) is 9.59 Å². The Bertz CT molecular complexity index is 600. The summed E-state index contributed by atoms with van der Waals surface area (Å²) >= 11 is 0. The molecule has 0 heterocycles. The quantitative estimate of drug-likeness (QED) is 0.0402. The maximum Gasteiger partial charge on any atom is 0.307 e. The highest BCUT2D eigenvalue weighted by molar-refractivity contribution is 5.69. The highest BCUT2D eigenvalue weighted by atomic mass is 16.7. The van der Waals surface area contributed by atoms with Gasteiger partial charge in [-0.05, 0) is 33.1 Å². The Morgan fingerprint density at radius 3 is 1.30 bits per heavy atom. The Morgan fingerprint density at radius 1 is 0.512 bits per heavy atom. The summed E-state index contributed by atoms with van der Waals surface area (Å²) < 4.78 is 31.7. The predicted octanol–water partition coefficient (Wildman–Crippen LogP) is 9.06. The van der Waals surface area contributed by atoms with Gasteiger partial charge >= 0.3 is 11.9 Å². The van der Waals surface area contributed by atoms with Crippen LogP contribution in [0.2, 0.25) is 0 Å². The van der Waals surface area contributed by atoms with Crippen molar-refractivity contribution in [2.45, 2.75) is 174 Å². The number of hydrogen-bond donors (Lipinski definition) is 0. The molecular formula is C35H68O8. The van der Waals surface area contributed by atoms with Crippen molar-refractivity contribution in [3.05, 3.63) is 0 Å². The molecule has 0 aliphatic heterocycles. The van der Waals surface area contributed by atoms with Crippen LogP contribution in [0.25, 0.3) is 0 Å². The molecule has 0 aliphatic carbocycles. The lowest BCUT2D eigenvalue weighted by Crippen LogP contribution is -2.19. The van der Waals surface area contributed by atoms with Crippen LogP contribution < -0.4 is 0 Å². The van der Waals surface area contributed by atoms with Gasteiger partial charge in [-0.15, -0.1) is 0 Å². The number of hydrogen-bond acceptors (Lipinski definition) is 8. The van der Waals surface area contributed by atoms with Gasteiger partial charge in [-0.1, -0.05) is 116 Å². The molecule has 0 aromatic heterocycles. The van der Waals surface area contributed by atoms with Crippen molar-refractivity contribution < 1.29 is 38.0 Å². The largest absolute Gasteiger partial charge is 0.438 e. The smallest absolute Gasteiger partial charge is 0.307 e. The van der Waals surface area contributed by atoms with E-state index in [0.717, 1.165) is 38.7 Å². The van der Waals surface area contributed by atoms with Crippen LogP contribution in [0, 0.1) is 0 Å². The molecule has 0 saturated carbocycles. The minimum atomic E-state index is -0.274. The summed E-state index contributed by atoms with van der Waals surface area (Å²) in [5, 5.41) is 0. The lowest BCUT2D eigenvalue weighted by molar-refractivity contribution is -0.163. The van der Waals surface area contributed by atoms with Gasteiger partial charge in [-0.2, -0.15) is 0 Å². The molecular weight excluding hydrogens is 548 g/mol. The van der Waals surface area contributed by atoms with E-state index in [0.29, 0.717) is 26.1 Å². The Labute approximate surface area is 264 Å². The van der Waals surface area contributed by atoms with Gasteiger partial charge < -0.3 is 28.4 Å². The van der Waals surface area contributed by atoms with Crippen LogP contribution in [-0.4, -0.2) is 64.7 Å². The van der Waals surface area contributed by atoms with Gasteiger partial charge in [0.15, 0.2) is 13.6 Å². The molecule has 43 heavy (non-hydrogen) atoms. The second kappa shape index (κ2) is 33.7. The first-order valence-corrected chi connectivity index (χ1v) is 17.6. The lowest BCUT2D eigenvalue weighted by Gasteiger charge is -2.13. The van der Waals surface area contributed by atoms with Crippen molar-refractivity contribution in [2.24, 2.45) is 0 Å². The van der Waals surface area contributed by atoms with Crippen LogP contribution in [0.3, 0.4) is 0 Å². The zero-order valence-corrected chi connectivity index (χ0v) is 28.5. The fourth-order valence-corrected chi connectivity index (χ4v) is 4.80. The maximum atomic E-state index is 11.9. The highest BCUT2D eigenvalue weighted by Gasteiger charge is 2.08. The molecule has 2 unspecified atom stereocenters. The van der Waals surface area contributed by atoms with Crippen LogP contribution in [0.5, 0.6) is 0 Å². The molecule has 8 heteroatoms. The van der Waals surface area contributed by atoms with Crippen LogP contribution in [0.15, 0.2) is 0 Å². The van der Waals surface area contributed by atoms with E-state index in [1.54, 1.807) is 7.11 Å². The monoisotopic (exact) mass is 616 g/mol. The highest BCUT2D eigenvalue weighted by Crippen LogP contribution is 2.14. The average Bonchev–Trinajstić information content (AvgIpc) is 2.98. The number of rotatable bonds is 34. The molecule has 0 aliphatic rings. The molecule has 0 fully saturated rings. The van der Waals surface area contributed by atoms with E-state index in [1.807, 2.05) is 13.8 Å². The average molecular weight is 617 g/mol. The zero-order valence-electron chi connectivity index (χ0n) is 28.5. The van der Waals surface area contributed by atoms with E-state index in [9.17, 15) is 9.59 Å².